The molecule has 6 nitrogen and oxygen atoms in total. The molecule has 0 heterocycles. The van der Waals surface area contributed by atoms with Gasteiger partial charge in [-0.15, -0.1) is 0 Å². The van der Waals surface area contributed by atoms with Crippen molar-refractivity contribution in [1.82, 2.24) is 0 Å². The molecule has 4 rings (SSSR count). The molecule has 0 bridgehead atoms. The van der Waals surface area contributed by atoms with Crippen molar-refractivity contribution in [3.05, 3.63) is 23.3 Å². The van der Waals surface area contributed by atoms with E-state index in [9.17, 15) is 25.2 Å². The molecule has 4 aliphatic rings. The molecule has 8 atom stereocenters. The van der Waals surface area contributed by atoms with Crippen LogP contribution in [0.2, 0.25) is 0 Å². The maximum Gasteiger partial charge on any atom is 0.190 e. The van der Waals surface area contributed by atoms with Crippen molar-refractivity contribution in [2.45, 2.75) is 57.0 Å². The lowest BCUT2D eigenvalue weighted by Crippen LogP contribution is -2.65. The van der Waals surface area contributed by atoms with Gasteiger partial charge in [-0.05, 0) is 18.1 Å². The van der Waals surface area contributed by atoms with Gasteiger partial charge < -0.3 is 25.2 Å². The standard InChI is InChI=1S/C21H30O6/c1-10-6-14-19(25,16(10)23)8-12(9-22)7-13-15-18(3,4)21(15,27-5)17(24)11(2)20(13,14)26/h6-7,11,13-15,17,22,24-26H,8-9H2,1-5H3/t11-,13+,14-,15-,17-,19-,20-,21-/m1/s1. The van der Waals surface area contributed by atoms with Crippen molar-refractivity contribution in [2.75, 3.05) is 13.7 Å². The number of methoxy groups -OCH3 is 1. The average Bonchev–Trinajstić information content (AvgIpc) is 3.08. The summed E-state index contributed by atoms with van der Waals surface area (Å²) in [6.45, 7) is 7.12. The highest BCUT2D eigenvalue weighted by Gasteiger charge is 2.85. The Kier molecular flexibility index (Phi) is 3.79. The Bertz CT molecular complexity index is 769. The summed E-state index contributed by atoms with van der Waals surface area (Å²) in [5, 5.41) is 44.5. The second-order valence-electron chi connectivity index (χ2n) is 9.58. The van der Waals surface area contributed by atoms with Crippen molar-refractivity contribution < 1.29 is 30.0 Å². The van der Waals surface area contributed by atoms with Gasteiger partial charge in [-0.1, -0.05) is 32.9 Å². The molecular weight excluding hydrogens is 348 g/mol. The molecule has 27 heavy (non-hydrogen) atoms. The molecule has 0 aromatic heterocycles. The van der Waals surface area contributed by atoms with Gasteiger partial charge in [0.05, 0.1) is 18.3 Å². The van der Waals surface area contributed by atoms with Crippen LogP contribution in [0.3, 0.4) is 0 Å². The molecule has 0 aromatic rings. The highest BCUT2D eigenvalue weighted by atomic mass is 16.5. The first-order valence-corrected chi connectivity index (χ1v) is 9.66. The van der Waals surface area contributed by atoms with Crippen molar-refractivity contribution in [3.63, 3.8) is 0 Å². The number of carbonyl (C=O) groups is 1. The zero-order valence-corrected chi connectivity index (χ0v) is 16.6. The van der Waals surface area contributed by atoms with Crippen molar-refractivity contribution in [1.29, 1.82) is 0 Å². The molecule has 0 saturated heterocycles. The highest BCUT2D eigenvalue weighted by Crippen LogP contribution is 2.76. The lowest BCUT2D eigenvalue weighted by atomic mass is 9.59. The van der Waals surface area contributed by atoms with Crippen LogP contribution >= 0.6 is 0 Å². The molecule has 0 aromatic carbocycles. The number of ether oxygens (including phenoxy) is 1. The van der Waals surface area contributed by atoms with Crippen LogP contribution in [0.5, 0.6) is 0 Å². The van der Waals surface area contributed by atoms with Gasteiger partial charge in [0, 0.05) is 42.6 Å². The van der Waals surface area contributed by atoms with Crippen LogP contribution < -0.4 is 0 Å². The Morgan fingerprint density at radius 2 is 1.89 bits per heavy atom. The zero-order chi connectivity index (χ0) is 20.2. The maximum absolute atomic E-state index is 12.8. The molecule has 150 valence electrons. The van der Waals surface area contributed by atoms with E-state index in [1.807, 2.05) is 19.9 Å². The molecule has 4 aliphatic carbocycles. The van der Waals surface area contributed by atoms with Gasteiger partial charge in [0.15, 0.2) is 5.78 Å². The summed E-state index contributed by atoms with van der Waals surface area (Å²) in [5.41, 5.74) is -3.58. The number of carbonyl (C=O) groups excluding carboxylic acids is 1. The molecule has 2 fully saturated rings. The zero-order valence-electron chi connectivity index (χ0n) is 16.6. The van der Waals surface area contributed by atoms with Crippen LogP contribution in [0.4, 0.5) is 0 Å². The first-order chi connectivity index (χ1) is 12.4. The van der Waals surface area contributed by atoms with Crippen LogP contribution in [0.1, 0.15) is 34.1 Å². The second kappa shape index (κ2) is 5.30. The predicted octanol–water partition coefficient (Wildman–Crippen LogP) is 0.584. The lowest BCUT2D eigenvalue weighted by Gasteiger charge is -2.52. The molecular formula is C21H30O6. The molecule has 2 saturated carbocycles. The summed E-state index contributed by atoms with van der Waals surface area (Å²) in [5.74, 6) is -2.55. The molecule has 4 N–H and O–H groups in total. The summed E-state index contributed by atoms with van der Waals surface area (Å²) in [6, 6.07) is 0. The van der Waals surface area contributed by atoms with Crippen LogP contribution in [0.15, 0.2) is 23.3 Å². The maximum atomic E-state index is 12.8. The summed E-state index contributed by atoms with van der Waals surface area (Å²) < 4.78 is 5.84. The van der Waals surface area contributed by atoms with E-state index in [0.717, 1.165) is 0 Å². The van der Waals surface area contributed by atoms with Gasteiger partial charge >= 0.3 is 0 Å². The monoisotopic (exact) mass is 378 g/mol. The molecule has 6 heteroatoms. The highest BCUT2D eigenvalue weighted by molar-refractivity contribution is 6.04. The Labute approximate surface area is 159 Å². The number of Topliss-reactive ketones (excluding diaryl/α,β-unsaturated/α-hetero) is 1. The first-order valence-electron chi connectivity index (χ1n) is 9.66. The number of ketones is 1. The third-order valence-corrected chi connectivity index (χ3v) is 8.33. The van der Waals surface area contributed by atoms with E-state index in [2.05, 4.69) is 0 Å². The van der Waals surface area contributed by atoms with Gasteiger partial charge in [-0.25, -0.2) is 0 Å². The fourth-order valence-electron chi connectivity index (χ4n) is 6.92. The number of rotatable bonds is 2. The van der Waals surface area contributed by atoms with E-state index < -0.39 is 51.9 Å². The topological polar surface area (TPSA) is 107 Å². The van der Waals surface area contributed by atoms with Gasteiger partial charge in [0.25, 0.3) is 0 Å². The number of aliphatic hydroxyl groups excluding tert-OH is 2. The van der Waals surface area contributed by atoms with E-state index in [1.54, 1.807) is 27.0 Å². The SMILES string of the molecule is CO[C@@]12[C@H](O)[C@@H](C)[C@@]3(O)[C@@H](C=C(CO)C[C@]4(O)C(=O)C(C)=C[C@@H]34)[C@@H]1C2(C)C. The van der Waals surface area contributed by atoms with Crippen LogP contribution in [-0.2, 0) is 9.53 Å². The Morgan fingerprint density at radius 1 is 1.26 bits per heavy atom. The van der Waals surface area contributed by atoms with Gasteiger partial charge in [0.2, 0.25) is 0 Å². The van der Waals surface area contributed by atoms with E-state index >= 15 is 0 Å². The molecule has 0 radical (unpaired) electrons. The average molecular weight is 378 g/mol. The summed E-state index contributed by atoms with van der Waals surface area (Å²) in [4.78, 5) is 12.8. The Morgan fingerprint density at radius 3 is 2.44 bits per heavy atom. The molecule has 0 spiro atoms. The Balaban J connectivity index is 1.96. The van der Waals surface area contributed by atoms with Crippen LogP contribution in [0.25, 0.3) is 0 Å². The normalized spacial score (nSPS) is 52.9. The van der Waals surface area contributed by atoms with Crippen molar-refractivity contribution in [3.8, 4) is 0 Å². The third kappa shape index (κ3) is 1.86. The molecule has 0 amide bonds. The third-order valence-electron chi connectivity index (χ3n) is 8.33. The molecule has 0 unspecified atom stereocenters. The minimum Gasteiger partial charge on any atom is -0.392 e. The predicted molar refractivity (Wildman–Crippen MR) is 97.6 cm³/mol. The van der Waals surface area contributed by atoms with E-state index in [0.29, 0.717) is 11.1 Å². The first kappa shape index (κ1) is 19.3. The number of hydrogen-bond acceptors (Lipinski definition) is 6. The summed E-state index contributed by atoms with van der Waals surface area (Å²) in [6.07, 6.45) is 2.52. The minimum absolute atomic E-state index is 0.0183. The van der Waals surface area contributed by atoms with Crippen LogP contribution in [-0.4, -0.2) is 62.8 Å². The number of fused-ring (bicyclic) bond motifs is 5. The second-order valence-corrected chi connectivity index (χ2v) is 9.58. The van der Waals surface area contributed by atoms with Gasteiger partial charge in [-0.2, -0.15) is 0 Å². The van der Waals surface area contributed by atoms with Crippen molar-refractivity contribution in [2.24, 2.45) is 29.1 Å². The number of hydrogen-bond donors (Lipinski definition) is 4. The minimum atomic E-state index is -1.80. The summed E-state index contributed by atoms with van der Waals surface area (Å²) in [7, 11) is 1.58. The number of aliphatic hydroxyl groups is 4. The smallest absolute Gasteiger partial charge is 0.190 e. The fraction of sp³-hybridized carbons (Fsp3) is 0.762. The largest absolute Gasteiger partial charge is 0.392 e. The lowest BCUT2D eigenvalue weighted by molar-refractivity contribution is -0.214. The Hall–Kier alpha value is -1.05. The quantitative estimate of drug-likeness (QED) is 0.524. The van der Waals surface area contributed by atoms with Crippen LogP contribution in [0, 0.1) is 29.1 Å². The van der Waals surface area contributed by atoms with Crippen molar-refractivity contribution >= 4 is 5.78 Å². The molecule has 0 aliphatic heterocycles. The van der Waals surface area contributed by atoms with E-state index in [-0.39, 0.29) is 18.9 Å². The fourth-order valence-corrected chi connectivity index (χ4v) is 6.92. The van der Waals surface area contributed by atoms with E-state index in [1.165, 1.54) is 0 Å². The van der Waals surface area contributed by atoms with Gasteiger partial charge in [-0.3, -0.25) is 4.79 Å². The van der Waals surface area contributed by atoms with E-state index in [4.69, 9.17) is 4.74 Å². The van der Waals surface area contributed by atoms with Gasteiger partial charge in [0.1, 0.15) is 11.2 Å². The summed E-state index contributed by atoms with van der Waals surface area (Å²) >= 11 is 0.